The van der Waals surface area contributed by atoms with Crippen LogP contribution in [0.15, 0.2) is 64.3 Å². The second kappa shape index (κ2) is 9.00. The van der Waals surface area contributed by atoms with E-state index in [0.717, 1.165) is 18.1 Å². The molecular formula is C25H21NO6S2. The van der Waals surface area contributed by atoms with Gasteiger partial charge >= 0.3 is 5.97 Å². The van der Waals surface area contributed by atoms with E-state index in [2.05, 4.69) is 0 Å². The molecule has 0 saturated heterocycles. The highest BCUT2D eigenvalue weighted by molar-refractivity contribution is 7.90. The number of carbonyl (C=O) groups excluding carboxylic acids is 2. The first-order chi connectivity index (χ1) is 16.1. The average Bonchev–Trinajstić information content (AvgIpc) is 3.28. The van der Waals surface area contributed by atoms with Gasteiger partial charge in [0.2, 0.25) is 0 Å². The van der Waals surface area contributed by atoms with Gasteiger partial charge in [0.05, 0.1) is 23.4 Å². The molecule has 0 spiro atoms. The second-order valence-electron chi connectivity index (χ2n) is 7.89. The molecule has 4 aromatic rings. The number of aromatic nitrogens is 1. The summed E-state index contributed by atoms with van der Waals surface area (Å²) in [5, 5.41) is 1.01. The summed E-state index contributed by atoms with van der Waals surface area (Å²) in [5.74, 6) is -0.690. The van der Waals surface area contributed by atoms with E-state index >= 15 is 0 Å². The molecule has 0 aliphatic carbocycles. The van der Waals surface area contributed by atoms with Crippen molar-refractivity contribution in [1.29, 1.82) is 0 Å². The van der Waals surface area contributed by atoms with Gasteiger partial charge in [0.15, 0.2) is 16.1 Å². The third-order valence-corrected chi connectivity index (χ3v) is 7.64. The number of methoxy groups -OCH3 is 1. The molecule has 0 aliphatic rings. The zero-order valence-corrected chi connectivity index (χ0v) is 20.3. The van der Waals surface area contributed by atoms with E-state index in [1.165, 1.54) is 35.1 Å². The van der Waals surface area contributed by atoms with Crippen LogP contribution in [0.3, 0.4) is 0 Å². The Labute approximate surface area is 200 Å². The molecule has 2 heterocycles. The van der Waals surface area contributed by atoms with Gasteiger partial charge in [-0.15, -0.1) is 11.3 Å². The molecular weight excluding hydrogens is 474 g/mol. The zero-order chi connectivity index (χ0) is 24.6. The summed E-state index contributed by atoms with van der Waals surface area (Å²) in [6.07, 6.45) is 1.85. The molecule has 0 aliphatic heterocycles. The van der Waals surface area contributed by atoms with Crippen LogP contribution in [0, 0.1) is 6.92 Å². The van der Waals surface area contributed by atoms with Gasteiger partial charge in [-0.1, -0.05) is 29.8 Å². The lowest BCUT2D eigenvalue weighted by Gasteiger charge is -2.18. The standard InChI is InChI=1S/C25H21NO6S2/c1-15-4-10-19-20(12-15)22(21-11-7-17(14-27)33-21)23(25(29)32-2)26(24(19)28)13-16-5-8-18(9-6-16)34(3,30)31/h4-12,14H,13H2,1-3H3. The normalized spacial score (nSPS) is 11.5. The number of fused-ring (bicyclic) bond motifs is 1. The number of aldehydes is 1. The fraction of sp³-hybridized carbons (Fsp3) is 0.160. The van der Waals surface area contributed by atoms with Crippen LogP contribution in [0.5, 0.6) is 0 Å². The summed E-state index contributed by atoms with van der Waals surface area (Å²) < 4.78 is 30.0. The van der Waals surface area contributed by atoms with Gasteiger partial charge in [-0.05, 0) is 48.2 Å². The van der Waals surface area contributed by atoms with Crippen molar-refractivity contribution in [3.05, 3.63) is 86.6 Å². The number of pyridine rings is 1. The van der Waals surface area contributed by atoms with Gasteiger partial charge < -0.3 is 4.74 Å². The lowest BCUT2D eigenvalue weighted by atomic mass is 9.99. The SMILES string of the molecule is COC(=O)c1c(-c2ccc(C=O)s2)c2cc(C)ccc2c(=O)n1Cc1ccc(S(C)(=O)=O)cc1. The highest BCUT2D eigenvalue weighted by Crippen LogP contribution is 2.36. The van der Waals surface area contributed by atoms with Crippen LogP contribution in [0.1, 0.15) is 31.3 Å². The summed E-state index contributed by atoms with van der Waals surface area (Å²) in [7, 11) is -2.13. The molecule has 34 heavy (non-hydrogen) atoms. The number of hydrogen-bond acceptors (Lipinski definition) is 7. The molecule has 2 aromatic carbocycles. The number of hydrogen-bond donors (Lipinski definition) is 0. The number of sulfone groups is 1. The van der Waals surface area contributed by atoms with Gasteiger partial charge in [-0.25, -0.2) is 13.2 Å². The van der Waals surface area contributed by atoms with E-state index in [1.807, 2.05) is 19.1 Å². The van der Waals surface area contributed by atoms with Crippen molar-refractivity contribution >= 4 is 44.2 Å². The number of nitrogens with zero attached hydrogens (tertiary/aromatic N) is 1. The molecule has 0 atom stereocenters. The van der Waals surface area contributed by atoms with E-state index < -0.39 is 15.8 Å². The van der Waals surface area contributed by atoms with Crippen molar-refractivity contribution in [3.63, 3.8) is 0 Å². The molecule has 9 heteroatoms. The molecule has 0 saturated carbocycles. The first-order valence-corrected chi connectivity index (χ1v) is 12.9. The second-order valence-corrected chi connectivity index (χ2v) is 11.0. The van der Waals surface area contributed by atoms with Gasteiger partial charge in [0, 0.05) is 22.1 Å². The number of benzene rings is 2. The van der Waals surface area contributed by atoms with Crippen molar-refractivity contribution in [3.8, 4) is 10.4 Å². The fourth-order valence-electron chi connectivity index (χ4n) is 3.85. The summed E-state index contributed by atoms with van der Waals surface area (Å²) >= 11 is 1.22. The Kier molecular flexibility index (Phi) is 6.24. The Bertz CT molecular complexity index is 1600. The lowest BCUT2D eigenvalue weighted by Crippen LogP contribution is -2.28. The molecule has 174 valence electrons. The monoisotopic (exact) mass is 495 g/mol. The molecule has 4 rings (SSSR count). The average molecular weight is 496 g/mol. The minimum Gasteiger partial charge on any atom is -0.464 e. The third-order valence-electron chi connectivity index (χ3n) is 5.49. The van der Waals surface area contributed by atoms with E-state index in [1.54, 1.807) is 30.3 Å². The van der Waals surface area contributed by atoms with Crippen LogP contribution < -0.4 is 5.56 Å². The largest absolute Gasteiger partial charge is 0.464 e. The summed E-state index contributed by atoms with van der Waals surface area (Å²) in [6.45, 7) is 1.91. The molecule has 7 nitrogen and oxygen atoms in total. The number of esters is 1. The van der Waals surface area contributed by atoms with E-state index in [4.69, 9.17) is 4.74 Å². The Morgan fingerprint density at radius 2 is 1.76 bits per heavy atom. The summed E-state index contributed by atoms with van der Waals surface area (Å²) in [5.41, 5.74) is 1.74. The lowest BCUT2D eigenvalue weighted by molar-refractivity contribution is 0.0588. The first kappa shape index (κ1) is 23.6. The maximum absolute atomic E-state index is 13.6. The highest BCUT2D eigenvalue weighted by Gasteiger charge is 2.25. The summed E-state index contributed by atoms with van der Waals surface area (Å²) in [6, 6.07) is 14.9. The first-order valence-electron chi connectivity index (χ1n) is 10.2. The van der Waals surface area contributed by atoms with Crippen LogP contribution in [0.25, 0.3) is 21.2 Å². The molecule has 0 amide bonds. The Hall–Kier alpha value is -3.56. The molecule has 0 fully saturated rings. The Morgan fingerprint density at radius 1 is 1.06 bits per heavy atom. The predicted molar refractivity (Wildman–Crippen MR) is 132 cm³/mol. The third kappa shape index (κ3) is 4.32. The van der Waals surface area contributed by atoms with Gasteiger partial charge in [0.25, 0.3) is 5.56 Å². The minimum absolute atomic E-state index is 0.0238. The van der Waals surface area contributed by atoms with Crippen LogP contribution in [-0.4, -0.2) is 38.6 Å². The van der Waals surface area contributed by atoms with Crippen LogP contribution >= 0.6 is 11.3 Å². The van der Waals surface area contributed by atoms with Crippen LogP contribution in [-0.2, 0) is 21.1 Å². The van der Waals surface area contributed by atoms with E-state index in [9.17, 15) is 22.8 Å². The number of ether oxygens (including phenoxy) is 1. The molecule has 0 radical (unpaired) electrons. The molecule has 0 N–H and O–H groups in total. The highest BCUT2D eigenvalue weighted by atomic mass is 32.2. The quantitative estimate of drug-likeness (QED) is 0.295. The number of aryl methyl sites for hydroxylation is 1. The van der Waals surface area contributed by atoms with Gasteiger partial charge in [0.1, 0.15) is 5.69 Å². The van der Waals surface area contributed by atoms with Gasteiger partial charge in [-0.2, -0.15) is 0 Å². The smallest absolute Gasteiger partial charge is 0.355 e. The van der Waals surface area contributed by atoms with Crippen LogP contribution in [0.2, 0.25) is 0 Å². The van der Waals surface area contributed by atoms with Crippen LogP contribution in [0.4, 0.5) is 0 Å². The van der Waals surface area contributed by atoms with E-state index in [-0.39, 0.29) is 22.7 Å². The topological polar surface area (TPSA) is 99.5 Å². The molecule has 0 bridgehead atoms. The van der Waals surface area contributed by atoms with Crippen molar-refractivity contribution in [2.24, 2.45) is 0 Å². The number of thiophene rings is 1. The Morgan fingerprint density at radius 3 is 2.35 bits per heavy atom. The summed E-state index contributed by atoms with van der Waals surface area (Å²) in [4.78, 5) is 39.2. The van der Waals surface area contributed by atoms with Crippen molar-refractivity contribution in [2.75, 3.05) is 13.4 Å². The Balaban J connectivity index is 2.04. The van der Waals surface area contributed by atoms with Gasteiger partial charge in [-0.3, -0.25) is 14.2 Å². The molecule has 0 unspecified atom stereocenters. The number of carbonyl (C=O) groups is 2. The number of rotatable bonds is 6. The van der Waals surface area contributed by atoms with Crippen molar-refractivity contribution in [1.82, 2.24) is 4.57 Å². The maximum atomic E-state index is 13.6. The van der Waals surface area contributed by atoms with E-state index in [0.29, 0.717) is 31.7 Å². The van der Waals surface area contributed by atoms with Crippen molar-refractivity contribution in [2.45, 2.75) is 18.4 Å². The minimum atomic E-state index is -3.37. The maximum Gasteiger partial charge on any atom is 0.355 e. The predicted octanol–water partition coefficient (Wildman–Crippen LogP) is 4.09. The fourth-order valence-corrected chi connectivity index (χ4v) is 5.36. The zero-order valence-electron chi connectivity index (χ0n) is 18.7. The van der Waals surface area contributed by atoms with Crippen molar-refractivity contribution < 1.29 is 22.7 Å². The molecule has 2 aromatic heterocycles.